The van der Waals surface area contributed by atoms with Crippen LogP contribution in [-0.4, -0.2) is 112 Å². The van der Waals surface area contributed by atoms with E-state index in [4.69, 9.17) is 28.4 Å². The molecule has 0 saturated heterocycles. The van der Waals surface area contributed by atoms with E-state index in [0.29, 0.717) is 37.6 Å². The number of nitrogens with zero attached hydrogens (tertiary/aromatic N) is 4. The third-order valence-electron chi connectivity index (χ3n) is 7.96. The number of nitrogens with one attached hydrogen (secondary N) is 2. The number of rotatable bonds is 24. The maximum absolute atomic E-state index is 12.2. The molecule has 62 heavy (non-hydrogen) atoms. The van der Waals surface area contributed by atoms with Gasteiger partial charge < -0.3 is 59.1 Å². The number of hydrogen-bond donors (Lipinski definition) is 4. The number of phenols is 2. The van der Waals surface area contributed by atoms with Gasteiger partial charge in [0.05, 0.1) is 0 Å². The first-order valence-electron chi connectivity index (χ1n) is 18.7. The lowest BCUT2D eigenvalue weighted by atomic mass is 10.1. The number of hydrogen-bond acceptors (Lipinski definition) is 18. The molecule has 20 heteroatoms. The number of benzene rings is 2. The molecule has 0 atom stereocenters. The highest BCUT2D eigenvalue weighted by molar-refractivity contribution is 5.99. The Morgan fingerprint density at radius 1 is 0.645 bits per heavy atom. The molecular weight excluding hydrogens is 812 g/mol. The van der Waals surface area contributed by atoms with Crippen LogP contribution in [0.25, 0.3) is 12.2 Å². The summed E-state index contributed by atoms with van der Waals surface area (Å²) in [7, 11) is 0. The van der Waals surface area contributed by atoms with Crippen molar-refractivity contribution in [3.8, 4) is 23.6 Å². The number of phenolic OH excluding ortho intramolecular Hbond substituents is 2. The summed E-state index contributed by atoms with van der Waals surface area (Å²) in [5.41, 5.74) is 0.701. The number of likely N-dealkylation sites (N-methyl/N-ethyl adjacent to an activating group) is 2. The summed E-state index contributed by atoms with van der Waals surface area (Å²) in [5.74, 6) is -3.79. The van der Waals surface area contributed by atoms with Crippen LogP contribution in [0.4, 0.5) is 21.0 Å². The molecule has 4 N–H and O–H groups in total. The summed E-state index contributed by atoms with van der Waals surface area (Å²) < 4.78 is 29.0. The van der Waals surface area contributed by atoms with Crippen LogP contribution in [0.3, 0.4) is 0 Å². The minimum Gasteiger partial charge on any atom is -0.507 e. The number of nitriles is 2. The molecule has 0 spiro atoms. The van der Waals surface area contributed by atoms with Gasteiger partial charge in [0.15, 0.2) is 0 Å². The molecule has 2 rings (SSSR count). The summed E-state index contributed by atoms with van der Waals surface area (Å²) in [4.78, 5) is 74.6. The molecule has 2 amide bonds. The number of esters is 4. The molecule has 0 saturated carbocycles. The second-order valence-corrected chi connectivity index (χ2v) is 11.9. The van der Waals surface area contributed by atoms with Gasteiger partial charge in [0.25, 0.3) is 0 Å². The van der Waals surface area contributed by atoms with Crippen molar-refractivity contribution in [1.29, 1.82) is 10.5 Å². The second kappa shape index (κ2) is 27.4. The Hall–Kier alpha value is -8.26. The van der Waals surface area contributed by atoms with Crippen molar-refractivity contribution in [2.45, 2.75) is 13.8 Å². The molecule has 328 valence electrons. The fourth-order valence-electron chi connectivity index (χ4n) is 4.90. The maximum atomic E-state index is 12.2. The van der Waals surface area contributed by atoms with E-state index in [2.05, 4.69) is 23.8 Å². The van der Waals surface area contributed by atoms with Gasteiger partial charge in [-0.2, -0.15) is 10.5 Å². The second-order valence-electron chi connectivity index (χ2n) is 11.9. The Kier molecular flexibility index (Phi) is 22.1. The van der Waals surface area contributed by atoms with Gasteiger partial charge in [0.2, 0.25) is 0 Å². The fraction of sp³-hybridized carbons (Fsp3) is 0.286. The Bertz CT molecular complexity index is 1970. The first-order chi connectivity index (χ1) is 29.8. The minimum absolute atomic E-state index is 0.120. The Morgan fingerprint density at radius 2 is 1.02 bits per heavy atom. The van der Waals surface area contributed by atoms with Crippen molar-refractivity contribution in [3.05, 3.63) is 96.5 Å². The van der Waals surface area contributed by atoms with Gasteiger partial charge in [-0.3, -0.25) is 0 Å². The first-order valence-corrected chi connectivity index (χ1v) is 18.7. The van der Waals surface area contributed by atoms with E-state index in [9.17, 15) is 49.5 Å². The number of ether oxygens (including phenoxy) is 6. The SMILES string of the molecule is C=CC(=O)OCCOC(=O)/C(C#N)=C/c1ccc(N(CC)CCNC(=O)O/C=C/OC(=O)NCCN(CC)c2ccc(/C=C(\C#N)C(=O)OCCOC(=O)C=C)c(O)c2)cc1O. The molecule has 0 unspecified atom stereocenters. The zero-order valence-electron chi connectivity index (χ0n) is 34.0. The monoisotopic (exact) mass is 858 g/mol. The summed E-state index contributed by atoms with van der Waals surface area (Å²) in [5, 5.41) is 45.0. The highest BCUT2D eigenvalue weighted by Gasteiger charge is 2.16. The Labute approximate surface area is 357 Å². The number of anilines is 2. The highest BCUT2D eigenvalue weighted by Crippen LogP contribution is 2.28. The lowest BCUT2D eigenvalue weighted by Gasteiger charge is -2.23. The van der Waals surface area contributed by atoms with Gasteiger partial charge in [0, 0.05) is 86.1 Å². The average molecular weight is 859 g/mol. The predicted octanol–water partition coefficient (Wildman–Crippen LogP) is 3.73. The molecule has 0 aliphatic carbocycles. The summed E-state index contributed by atoms with van der Waals surface area (Å²) in [6, 6.07) is 12.5. The van der Waals surface area contributed by atoms with E-state index in [1.807, 2.05) is 23.6 Å². The van der Waals surface area contributed by atoms with Crippen LogP contribution >= 0.6 is 0 Å². The number of carbonyl (C=O) groups excluding carboxylic acids is 6. The molecule has 0 aromatic heterocycles. The molecule has 0 aliphatic rings. The van der Waals surface area contributed by atoms with E-state index < -0.39 is 47.2 Å². The molecular formula is C42H46N6O14. The number of aromatic hydroxyl groups is 2. The van der Waals surface area contributed by atoms with E-state index >= 15 is 0 Å². The van der Waals surface area contributed by atoms with Crippen LogP contribution in [0.2, 0.25) is 0 Å². The van der Waals surface area contributed by atoms with Crippen molar-refractivity contribution < 1.29 is 67.4 Å². The topological polar surface area (TPSA) is 276 Å². The highest BCUT2D eigenvalue weighted by atomic mass is 16.6. The van der Waals surface area contributed by atoms with Crippen molar-refractivity contribution in [2.75, 3.05) is 75.5 Å². The molecule has 0 heterocycles. The van der Waals surface area contributed by atoms with Gasteiger partial charge in [-0.25, -0.2) is 28.8 Å². The Balaban J connectivity index is 1.79. The van der Waals surface area contributed by atoms with Crippen molar-refractivity contribution in [2.24, 2.45) is 0 Å². The van der Waals surface area contributed by atoms with E-state index in [-0.39, 0.29) is 62.1 Å². The van der Waals surface area contributed by atoms with Crippen LogP contribution in [0, 0.1) is 22.7 Å². The van der Waals surface area contributed by atoms with Gasteiger partial charge in [-0.05, 0) is 50.3 Å². The van der Waals surface area contributed by atoms with Crippen LogP contribution in [0.1, 0.15) is 25.0 Å². The summed E-state index contributed by atoms with van der Waals surface area (Å²) >= 11 is 0. The summed E-state index contributed by atoms with van der Waals surface area (Å²) in [6.07, 6.45) is 4.27. The van der Waals surface area contributed by atoms with Crippen LogP contribution in [-0.2, 0) is 47.6 Å². The Morgan fingerprint density at radius 3 is 1.34 bits per heavy atom. The van der Waals surface area contributed by atoms with E-state index in [0.717, 1.165) is 36.8 Å². The molecule has 0 radical (unpaired) electrons. The molecule has 2 aromatic rings. The zero-order valence-corrected chi connectivity index (χ0v) is 34.0. The third-order valence-corrected chi connectivity index (χ3v) is 7.96. The van der Waals surface area contributed by atoms with Crippen molar-refractivity contribution >= 4 is 59.6 Å². The van der Waals surface area contributed by atoms with E-state index in [1.54, 1.807) is 24.3 Å². The van der Waals surface area contributed by atoms with Crippen LogP contribution in [0.5, 0.6) is 11.5 Å². The largest absolute Gasteiger partial charge is 0.507 e. The zero-order chi connectivity index (χ0) is 45.9. The lowest BCUT2D eigenvalue weighted by molar-refractivity contribution is -0.146. The van der Waals surface area contributed by atoms with Crippen LogP contribution in [0.15, 0.2) is 85.4 Å². The van der Waals surface area contributed by atoms with E-state index in [1.165, 1.54) is 24.3 Å². The quantitative estimate of drug-likeness (QED) is 0.0292. The van der Waals surface area contributed by atoms with Gasteiger partial charge in [0.1, 0.15) is 73.7 Å². The molecule has 20 nitrogen and oxygen atoms in total. The van der Waals surface area contributed by atoms with Crippen molar-refractivity contribution in [3.63, 3.8) is 0 Å². The molecule has 0 fully saturated rings. The fourth-order valence-corrected chi connectivity index (χ4v) is 4.90. The van der Waals surface area contributed by atoms with Gasteiger partial charge >= 0.3 is 36.1 Å². The molecule has 0 aliphatic heterocycles. The number of carbonyl (C=O) groups is 6. The van der Waals surface area contributed by atoms with Gasteiger partial charge in [-0.1, -0.05) is 13.2 Å². The normalized spacial score (nSPS) is 10.8. The molecule has 0 bridgehead atoms. The smallest absolute Gasteiger partial charge is 0.412 e. The summed E-state index contributed by atoms with van der Waals surface area (Å²) in [6.45, 7) is 10.9. The van der Waals surface area contributed by atoms with Gasteiger partial charge in [-0.15, -0.1) is 0 Å². The first kappa shape index (κ1) is 49.9. The predicted molar refractivity (Wildman–Crippen MR) is 222 cm³/mol. The average Bonchev–Trinajstić information content (AvgIpc) is 3.27. The standard InChI is InChI=1S/C42H46N6O14/c1-5-37(51)57-17-19-59-39(53)31(27-43)23-29-9-11-33(25-35(29)49)47(7-3)15-13-45-41(55)61-21-22-62-42(56)46-14-16-48(8-4)34-12-10-30(36(50)26-34)24-32(28-44)40(54)60-20-18-58-38(52)6-2/h5-6,9-12,21-26,49-50H,1-2,7-8,13-20H2,3-4H3,(H,45,55)(H,46,56)/b22-21+,31-23+,32-24+. The lowest BCUT2D eigenvalue weighted by Crippen LogP contribution is -2.35. The number of alkyl carbamates (subject to hydrolysis) is 2. The minimum atomic E-state index is -0.972. The van der Waals surface area contributed by atoms with Crippen LogP contribution < -0.4 is 20.4 Å². The maximum Gasteiger partial charge on any atom is 0.412 e. The molecule has 2 aromatic carbocycles. The number of amides is 2. The third kappa shape index (κ3) is 17.7. The van der Waals surface area contributed by atoms with Crippen molar-refractivity contribution in [1.82, 2.24) is 10.6 Å².